The van der Waals surface area contributed by atoms with Crippen molar-refractivity contribution < 1.29 is 9.53 Å². The average Bonchev–Trinajstić information content (AvgIpc) is 2.48. The summed E-state index contributed by atoms with van der Waals surface area (Å²) >= 11 is 0. The first-order valence-corrected chi connectivity index (χ1v) is 6.50. The van der Waals surface area contributed by atoms with Crippen LogP contribution in [0.15, 0.2) is 30.6 Å². The number of nitrogens with zero attached hydrogens (tertiary/aromatic N) is 2. The van der Waals surface area contributed by atoms with Gasteiger partial charge in [-0.1, -0.05) is 6.07 Å². The zero-order valence-corrected chi connectivity index (χ0v) is 11.9. The first kappa shape index (κ1) is 14.5. The highest BCUT2D eigenvalue weighted by molar-refractivity contribution is 5.99. The van der Waals surface area contributed by atoms with E-state index in [2.05, 4.69) is 4.98 Å². The second kappa shape index (κ2) is 6.06. The summed E-state index contributed by atoms with van der Waals surface area (Å²) in [6.45, 7) is 3.89. The molecular formula is C16H15N3O2. The van der Waals surface area contributed by atoms with Crippen molar-refractivity contribution in [1.29, 1.82) is 5.26 Å². The van der Waals surface area contributed by atoms with Gasteiger partial charge in [-0.25, -0.2) is 4.79 Å². The fourth-order valence-corrected chi connectivity index (χ4v) is 2.17. The molecule has 1 aromatic heterocycles. The van der Waals surface area contributed by atoms with E-state index in [-0.39, 0.29) is 6.61 Å². The van der Waals surface area contributed by atoms with Crippen LogP contribution in [0.25, 0.3) is 11.1 Å². The van der Waals surface area contributed by atoms with Gasteiger partial charge in [0.15, 0.2) is 0 Å². The van der Waals surface area contributed by atoms with Gasteiger partial charge in [0.25, 0.3) is 0 Å². The van der Waals surface area contributed by atoms with Gasteiger partial charge in [-0.15, -0.1) is 0 Å². The maximum absolute atomic E-state index is 12.0. The standard InChI is InChI=1S/C16H15N3O2/c1-3-21-16(20)13-9-19-7-6-12(13)14-10(2)4-5-11(8-17)15(14)18/h4-7,9H,3,18H2,1-2H3. The minimum atomic E-state index is -0.457. The third kappa shape index (κ3) is 2.70. The van der Waals surface area contributed by atoms with E-state index < -0.39 is 5.97 Å². The fourth-order valence-electron chi connectivity index (χ4n) is 2.17. The van der Waals surface area contributed by atoms with E-state index >= 15 is 0 Å². The number of carbonyl (C=O) groups is 1. The largest absolute Gasteiger partial charge is 0.462 e. The van der Waals surface area contributed by atoms with Gasteiger partial charge in [-0.3, -0.25) is 4.98 Å². The number of carbonyl (C=O) groups excluding carboxylic acids is 1. The van der Waals surface area contributed by atoms with Crippen LogP contribution in [-0.4, -0.2) is 17.6 Å². The summed E-state index contributed by atoms with van der Waals surface area (Å²) in [5.74, 6) is -0.457. The number of nitrogen functional groups attached to an aromatic ring is 1. The number of ether oxygens (including phenoxy) is 1. The molecule has 0 radical (unpaired) electrons. The molecule has 21 heavy (non-hydrogen) atoms. The average molecular weight is 281 g/mol. The molecule has 5 nitrogen and oxygen atoms in total. The summed E-state index contributed by atoms with van der Waals surface area (Å²) in [7, 11) is 0. The van der Waals surface area contributed by atoms with Crippen LogP contribution in [0.4, 0.5) is 5.69 Å². The maximum Gasteiger partial charge on any atom is 0.340 e. The quantitative estimate of drug-likeness (QED) is 0.690. The summed E-state index contributed by atoms with van der Waals surface area (Å²) in [6.07, 6.45) is 3.03. The molecule has 1 aromatic carbocycles. The van der Waals surface area contributed by atoms with Gasteiger partial charge in [0.1, 0.15) is 6.07 Å². The Bertz CT molecular complexity index is 733. The van der Waals surface area contributed by atoms with Crippen LogP contribution in [0.3, 0.4) is 0 Å². The van der Waals surface area contributed by atoms with E-state index in [0.717, 1.165) is 5.56 Å². The van der Waals surface area contributed by atoms with Crippen LogP contribution < -0.4 is 5.73 Å². The first-order valence-electron chi connectivity index (χ1n) is 6.50. The van der Waals surface area contributed by atoms with Crippen molar-refractivity contribution in [2.45, 2.75) is 13.8 Å². The number of esters is 1. The van der Waals surface area contributed by atoms with Crippen molar-refractivity contribution in [3.8, 4) is 17.2 Å². The summed E-state index contributed by atoms with van der Waals surface area (Å²) in [4.78, 5) is 16.0. The lowest BCUT2D eigenvalue weighted by Gasteiger charge is -2.14. The number of aromatic nitrogens is 1. The monoisotopic (exact) mass is 281 g/mol. The minimum absolute atomic E-state index is 0.278. The summed E-state index contributed by atoms with van der Waals surface area (Å²) in [5, 5.41) is 9.11. The summed E-state index contributed by atoms with van der Waals surface area (Å²) in [5.41, 5.74) is 9.31. The zero-order valence-electron chi connectivity index (χ0n) is 11.9. The number of nitriles is 1. The number of hydrogen-bond acceptors (Lipinski definition) is 5. The van der Waals surface area contributed by atoms with Crippen molar-refractivity contribution in [1.82, 2.24) is 4.98 Å². The number of nitrogens with two attached hydrogens (primary N) is 1. The third-order valence-electron chi connectivity index (χ3n) is 3.16. The number of benzene rings is 1. The summed E-state index contributed by atoms with van der Waals surface area (Å²) in [6, 6.07) is 7.22. The molecule has 0 fully saturated rings. The molecule has 1 heterocycles. The van der Waals surface area contributed by atoms with E-state index in [0.29, 0.717) is 27.9 Å². The zero-order chi connectivity index (χ0) is 15.4. The topological polar surface area (TPSA) is 89.0 Å². The molecule has 0 saturated heterocycles. The van der Waals surface area contributed by atoms with E-state index in [1.54, 1.807) is 31.3 Å². The lowest BCUT2D eigenvalue weighted by Crippen LogP contribution is -2.08. The van der Waals surface area contributed by atoms with Crippen LogP contribution in [-0.2, 0) is 4.74 Å². The van der Waals surface area contributed by atoms with Gasteiger partial charge in [0.2, 0.25) is 0 Å². The van der Waals surface area contributed by atoms with E-state index in [4.69, 9.17) is 15.7 Å². The Hall–Kier alpha value is -2.87. The Labute approximate surface area is 123 Å². The molecule has 2 rings (SSSR count). The van der Waals surface area contributed by atoms with Crippen molar-refractivity contribution in [3.63, 3.8) is 0 Å². The normalized spacial score (nSPS) is 9.95. The second-order valence-corrected chi connectivity index (χ2v) is 4.47. The highest BCUT2D eigenvalue weighted by Gasteiger charge is 2.18. The number of anilines is 1. The van der Waals surface area contributed by atoms with Crippen molar-refractivity contribution >= 4 is 11.7 Å². The molecule has 0 amide bonds. The Kier molecular flexibility index (Phi) is 4.19. The molecule has 0 saturated carbocycles. The molecule has 0 aliphatic heterocycles. The minimum Gasteiger partial charge on any atom is -0.462 e. The van der Waals surface area contributed by atoms with Gasteiger partial charge in [0, 0.05) is 23.5 Å². The lowest BCUT2D eigenvalue weighted by molar-refractivity contribution is 0.0527. The number of aryl methyl sites for hydroxylation is 1. The van der Waals surface area contributed by atoms with E-state index in [1.165, 1.54) is 6.20 Å². The molecule has 0 bridgehead atoms. The van der Waals surface area contributed by atoms with Crippen LogP contribution in [0.2, 0.25) is 0 Å². The summed E-state index contributed by atoms with van der Waals surface area (Å²) < 4.78 is 5.04. The van der Waals surface area contributed by atoms with E-state index in [1.807, 2.05) is 13.0 Å². The molecule has 2 aromatic rings. The van der Waals surface area contributed by atoms with Gasteiger partial charge in [-0.05, 0) is 31.5 Å². The molecular weight excluding hydrogens is 266 g/mol. The van der Waals surface area contributed by atoms with Crippen LogP contribution in [0.5, 0.6) is 0 Å². The third-order valence-corrected chi connectivity index (χ3v) is 3.16. The molecule has 5 heteroatoms. The highest BCUT2D eigenvalue weighted by atomic mass is 16.5. The predicted molar refractivity (Wildman–Crippen MR) is 79.5 cm³/mol. The number of hydrogen-bond donors (Lipinski definition) is 1. The maximum atomic E-state index is 12.0. The van der Waals surface area contributed by atoms with Crippen molar-refractivity contribution in [3.05, 3.63) is 47.3 Å². The number of rotatable bonds is 3. The highest BCUT2D eigenvalue weighted by Crippen LogP contribution is 2.34. The van der Waals surface area contributed by atoms with Gasteiger partial charge in [0.05, 0.1) is 23.4 Å². The number of pyridine rings is 1. The fraction of sp³-hybridized carbons (Fsp3) is 0.188. The molecule has 0 unspecified atom stereocenters. The molecule has 0 aliphatic rings. The second-order valence-electron chi connectivity index (χ2n) is 4.47. The van der Waals surface area contributed by atoms with Crippen LogP contribution >= 0.6 is 0 Å². The van der Waals surface area contributed by atoms with Crippen LogP contribution in [0, 0.1) is 18.3 Å². The molecule has 2 N–H and O–H groups in total. The molecule has 0 atom stereocenters. The Morgan fingerprint density at radius 1 is 1.43 bits per heavy atom. The van der Waals surface area contributed by atoms with Crippen molar-refractivity contribution in [2.75, 3.05) is 12.3 Å². The SMILES string of the molecule is CCOC(=O)c1cnccc1-c1c(C)ccc(C#N)c1N. The molecule has 106 valence electrons. The Morgan fingerprint density at radius 2 is 2.19 bits per heavy atom. The molecule has 0 aliphatic carbocycles. The molecule has 0 spiro atoms. The Balaban J connectivity index is 2.69. The predicted octanol–water partition coefficient (Wildman–Crippen LogP) is 2.69. The van der Waals surface area contributed by atoms with Gasteiger partial charge < -0.3 is 10.5 Å². The smallest absolute Gasteiger partial charge is 0.340 e. The Morgan fingerprint density at radius 3 is 2.86 bits per heavy atom. The van der Waals surface area contributed by atoms with Gasteiger partial charge in [-0.2, -0.15) is 5.26 Å². The van der Waals surface area contributed by atoms with E-state index in [9.17, 15) is 4.79 Å². The lowest BCUT2D eigenvalue weighted by atomic mass is 9.93. The van der Waals surface area contributed by atoms with Crippen LogP contribution in [0.1, 0.15) is 28.4 Å². The van der Waals surface area contributed by atoms with Gasteiger partial charge >= 0.3 is 5.97 Å². The van der Waals surface area contributed by atoms with Crippen molar-refractivity contribution in [2.24, 2.45) is 0 Å². The first-order chi connectivity index (χ1) is 10.1.